The molecule has 0 amide bonds. The lowest BCUT2D eigenvalue weighted by atomic mass is 10.2. The van der Waals surface area contributed by atoms with Gasteiger partial charge in [0.15, 0.2) is 11.5 Å². The van der Waals surface area contributed by atoms with Crippen molar-refractivity contribution in [2.45, 2.75) is 6.92 Å². The third kappa shape index (κ3) is 1.74. The van der Waals surface area contributed by atoms with Crippen LogP contribution in [-0.2, 0) is 0 Å². The summed E-state index contributed by atoms with van der Waals surface area (Å²) in [7, 11) is 0. The largest absolute Gasteiger partial charge is 0.307 e. The van der Waals surface area contributed by atoms with Gasteiger partial charge in [-0.05, 0) is 19.1 Å². The molecule has 0 aliphatic heterocycles. The van der Waals surface area contributed by atoms with Crippen molar-refractivity contribution in [3.05, 3.63) is 58.5 Å². The minimum atomic E-state index is -0.479. The summed E-state index contributed by atoms with van der Waals surface area (Å²) in [4.78, 5) is 14.9. The van der Waals surface area contributed by atoms with Gasteiger partial charge in [-0.1, -0.05) is 12.1 Å². The highest BCUT2D eigenvalue weighted by atomic mass is 16.6. The summed E-state index contributed by atoms with van der Waals surface area (Å²) in [5, 5.41) is 20.1. The van der Waals surface area contributed by atoms with Crippen LogP contribution >= 0.6 is 0 Å². The molecule has 0 bridgehead atoms. The number of nitrogens with zero attached hydrogens (tertiary/aromatic N) is 6. The lowest BCUT2D eigenvalue weighted by molar-refractivity contribution is -0.384. The van der Waals surface area contributed by atoms with Gasteiger partial charge in [0.2, 0.25) is 0 Å². The van der Waals surface area contributed by atoms with Gasteiger partial charge >= 0.3 is 5.69 Å². The molecule has 3 aromatic heterocycles. The van der Waals surface area contributed by atoms with Crippen molar-refractivity contribution in [1.82, 2.24) is 24.4 Å². The molecule has 0 spiro atoms. The number of hydrogen-bond acceptors (Lipinski definition) is 5. The summed E-state index contributed by atoms with van der Waals surface area (Å²) in [6.45, 7) is 1.89. The summed E-state index contributed by atoms with van der Waals surface area (Å²) in [5.41, 5.74) is 2.31. The Kier molecular flexibility index (Phi) is 2.46. The third-order valence-electron chi connectivity index (χ3n) is 3.40. The standard InChI is InChI=1S/C14H10N6O2/c1-9-6-13-16-14(18-8-10(7-15-18)20(21)22)11-4-2-3-5-12(11)19(13)17-9/h2-8H,1H3. The van der Waals surface area contributed by atoms with Crippen molar-refractivity contribution in [3.63, 3.8) is 0 Å². The van der Waals surface area contributed by atoms with E-state index in [4.69, 9.17) is 0 Å². The van der Waals surface area contributed by atoms with Crippen LogP contribution < -0.4 is 0 Å². The summed E-state index contributed by atoms with van der Waals surface area (Å²) in [5.74, 6) is 0.538. The van der Waals surface area contributed by atoms with Crippen molar-refractivity contribution in [2.24, 2.45) is 0 Å². The molecule has 1 aromatic carbocycles. The zero-order chi connectivity index (χ0) is 15.3. The molecule has 0 radical (unpaired) electrons. The second kappa shape index (κ2) is 4.35. The van der Waals surface area contributed by atoms with E-state index < -0.39 is 4.92 Å². The number of rotatable bonds is 2. The van der Waals surface area contributed by atoms with Gasteiger partial charge in [-0.15, -0.1) is 0 Å². The molecule has 0 atom stereocenters. The Balaban J connectivity index is 2.08. The van der Waals surface area contributed by atoms with Crippen LogP contribution in [0.15, 0.2) is 42.7 Å². The number of nitro groups is 1. The van der Waals surface area contributed by atoms with E-state index in [-0.39, 0.29) is 5.69 Å². The second-order valence-corrected chi connectivity index (χ2v) is 4.91. The molecular weight excluding hydrogens is 284 g/mol. The van der Waals surface area contributed by atoms with Crippen LogP contribution in [0.5, 0.6) is 0 Å². The maximum absolute atomic E-state index is 10.8. The fourth-order valence-electron chi connectivity index (χ4n) is 2.46. The molecule has 0 fully saturated rings. The van der Waals surface area contributed by atoms with E-state index in [2.05, 4.69) is 15.2 Å². The minimum Gasteiger partial charge on any atom is -0.258 e. The van der Waals surface area contributed by atoms with E-state index in [1.54, 1.807) is 4.52 Å². The Morgan fingerprint density at radius 3 is 2.86 bits per heavy atom. The lowest BCUT2D eigenvalue weighted by Gasteiger charge is -2.07. The van der Waals surface area contributed by atoms with Crippen molar-refractivity contribution in [2.75, 3.05) is 0 Å². The topological polar surface area (TPSA) is 91.1 Å². The van der Waals surface area contributed by atoms with Crippen LogP contribution in [0.25, 0.3) is 22.4 Å². The summed E-state index contributed by atoms with van der Waals surface area (Å²) < 4.78 is 3.18. The van der Waals surface area contributed by atoms with Crippen LogP contribution in [0.2, 0.25) is 0 Å². The molecule has 8 heteroatoms. The smallest absolute Gasteiger partial charge is 0.258 e. The Hall–Kier alpha value is -3.29. The molecule has 0 unspecified atom stereocenters. The SMILES string of the molecule is Cc1cc2nc(-n3cc([N+](=O)[O-])cn3)c3ccccc3n2n1. The van der Waals surface area contributed by atoms with E-state index in [9.17, 15) is 10.1 Å². The maximum atomic E-state index is 10.8. The molecule has 0 saturated heterocycles. The molecule has 4 aromatic rings. The molecule has 0 aliphatic rings. The highest BCUT2D eigenvalue weighted by Gasteiger charge is 2.15. The molecule has 108 valence electrons. The zero-order valence-electron chi connectivity index (χ0n) is 11.5. The van der Waals surface area contributed by atoms with Gasteiger partial charge in [0.05, 0.1) is 16.1 Å². The van der Waals surface area contributed by atoms with Crippen LogP contribution in [0.1, 0.15) is 5.69 Å². The summed E-state index contributed by atoms with van der Waals surface area (Å²) in [6.07, 6.45) is 2.57. The Bertz CT molecular complexity index is 1030. The highest BCUT2D eigenvalue weighted by Crippen LogP contribution is 2.23. The second-order valence-electron chi connectivity index (χ2n) is 4.91. The first-order valence-corrected chi connectivity index (χ1v) is 6.58. The molecule has 0 saturated carbocycles. The summed E-state index contributed by atoms with van der Waals surface area (Å²) in [6, 6.07) is 9.47. The number of hydrogen-bond donors (Lipinski definition) is 0. The minimum absolute atomic E-state index is 0.0737. The van der Waals surface area contributed by atoms with E-state index >= 15 is 0 Å². The van der Waals surface area contributed by atoms with Crippen LogP contribution in [0.4, 0.5) is 5.69 Å². The van der Waals surface area contributed by atoms with Crippen LogP contribution in [0.3, 0.4) is 0 Å². The molecule has 0 N–H and O–H groups in total. The Morgan fingerprint density at radius 2 is 2.09 bits per heavy atom. The highest BCUT2D eigenvalue weighted by molar-refractivity contribution is 5.87. The number of benzene rings is 1. The van der Waals surface area contributed by atoms with Gasteiger partial charge in [0.25, 0.3) is 0 Å². The van der Waals surface area contributed by atoms with Gasteiger partial charge in [-0.25, -0.2) is 14.2 Å². The van der Waals surface area contributed by atoms with Gasteiger partial charge in [-0.3, -0.25) is 10.1 Å². The fraction of sp³-hybridized carbons (Fsp3) is 0.0714. The molecule has 4 rings (SSSR count). The third-order valence-corrected chi connectivity index (χ3v) is 3.40. The molecule has 0 aliphatic carbocycles. The Morgan fingerprint density at radius 1 is 1.27 bits per heavy atom. The van der Waals surface area contributed by atoms with E-state index in [0.29, 0.717) is 11.5 Å². The van der Waals surface area contributed by atoms with E-state index in [1.165, 1.54) is 17.1 Å². The first-order chi connectivity index (χ1) is 10.6. The number of aromatic nitrogens is 5. The average Bonchev–Trinajstić information content (AvgIpc) is 3.12. The van der Waals surface area contributed by atoms with Crippen LogP contribution in [-0.4, -0.2) is 29.3 Å². The van der Waals surface area contributed by atoms with Crippen molar-refractivity contribution >= 4 is 22.2 Å². The Labute approximate surface area is 123 Å². The van der Waals surface area contributed by atoms with Gasteiger partial charge in [0, 0.05) is 11.5 Å². The van der Waals surface area contributed by atoms with E-state index in [0.717, 1.165) is 16.6 Å². The molecular formula is C14H10N6O2. The maximum Gasteiger partial charge on any atom is 0.307 e. The van der Waals surface area contributed by atoms with E-state index in [1.807, 2.05) is 37.3 Å². The van der Waals surface area contributed by atoms with Gasteiger partial charge in [0.1, 0.15) is 12.4 Å². The number of para-hydroxylation sites is 1. The fourth-order valence-corrected chi connectivity index (χ4v) is 2.46. The van der Waals surface area contributed by atoms with Crippen molar-refractivity contribution in [1.29, 1.82) is 0 Å². The monoisotopic (exact) mass is 294 g/mol. The zero-order valence-corrected chi connectivity index (χ0v) is 11.5. The average molecular weight is 294 g/mol. The summed E-state index contributed by atoms with van der Waals surface area (Å²) >= 11 is 0. The van der Waals surface area contributed by atoms with Crippen LogP contribution in [0, 0.1) is 17.0 Å². The lowest BCUT2D eigenvalue weighted by Crippen LogP contribution is -2.03. The normalized spacial score (nSPS) is 11.3. The predicted octanol–water partition coefficient (Wildman–Crippen LogP) is 2.28. The molecule has 3 heterocycles. The first-order valence-electron chi connectivity index (χ1n) is 6.58. The first kappa shape index (κ1) is 12.5. The molecule has 22 heavy (non-hydrogen) atoms. The number of aryl methyl sites for hydroxylation is 1. The van der Waals surface area contributed by atoms with Crippen molar-refractivity contribution < 1.29 is 4.92 Å². The predicted molar refractivity (Wildman–Crippen MR) is 79.0 cm³/mol. The van der Waals surface area contributed by atoms with Gasteiger partial charge in [-0.2, -0.15) is 10.2 Å². The quantitative estimate of drug-likeness (QED) is 0.418. The number of fused-ring (bicyclic) bond motifs is 3. The van der Waals surface area contributed by atoms with Crippen molar-refractivity contribution in [3.8, 4) is 5.82 Å². The van der Waals surface area contributed by atoms with Gasteiger partial charge < -0.3 is 0 Å². The molecule has 8 nitrogen and oxygen atoms in total.